The fourth-order valence-corrected chi connectivity index (χ4v) is 6.18. The molecular weight excluding hydrogens is 599 g/mol. The van der Waals surface area contributed by atoms with Crippen molar-refractivity contribution in [1.82, 2.24) is 15.0 Å². The van der Waals surface area contributed by atoms with E-state index in [0.29, 0.717) is 28.1 Å². The van der Waals surface area contributed by atoms with Crippen molar-refractivity contribution >= 4 is 21.9 Å². The van der Waals surface area contributed by atoms with Gasteiger partial charge in [0, 0.05) is 21.9 Å². The van der Waals surface area contributed by atoms with Crippen molar-refractivity contribution in [3.63, 3.8) is 0 Å². The number of aromatic nitrogens is 3. The molecule has 0 aliphatic rings. The fraction of sp³-hybridized carbons (Fsp3) is 0. The molecule has 0 aliphatic heterocycles. The van der Waals surface area contributed by atoms with Gasteiger partial charge in [0.1, 0.15) is 11.2 Å². The van der Waals surface area contributed by atoms with Crippen molar-refractivity contribution in [1.29, 1.82) is 0 Å². The maximum atomic E-state index is 8.62. The fourth-order valence-electron chi connectivity index (χ4n) is 6.18. The van der Waals surface area contributed by atoms with Crippen molar-refractivity contribution < 1.29 is 11.3 Å². The van der Waals surface area contributed by atoms with Gasteiger partial charge in [0.15, 0.2) is 17.5 Å². The zero-order valence-electron chi connectivity index (χ0n) is 31.1. The molecule has 9 rings (SSSR count). The molecule has 7 aromatic carbocycles. The highest BCUT2D eigenvalue weighted by atomic mass is 16.3. The van der Waals surface area contributed by atoms with Gasteiger partial charge in [0.25, 0.3) is 0 Å². The summed E-state index contributed by atoms with van der Waals surface area (Å²) >= 11 is 0. The monoisotopic (exact) mass is 632 g/mol. The van der Waals surface area contributed by atoms with Crippen LogP contribution in [0.4, 0.5) is 0 Å². The van der Waals surface area contributed by atoms with Crippen LogP contribution in [-0.2, 0) is 0 Å². The van der Waals surface area contributed by atoms with E-state index in [2.05, 4.69) is 71.7 Å². The molecular formula is C45H29N3O. The first-order valence-electron chi connectivity index (χ1n) is 18.4. The van der Waals surface area contributed by atoms with Crippen LogP contribution in [0.2, 0.25) is 0 Å². The molecule has 49 heavy (non-hydrogen) atoms. The summed E-state index contributed by atoms with van der Waals surface area (Å²) in [5.74, 6) is 0.526. The third-order valence-electron chi connectivity index (χ3n) is 8.67. The molecule has 2 heterocycles. The van der Waals surface area contributed by atoms with Gasteiger partial charge in [0.05, 0.1) is 12.4 Å². The molecule has 0 saturated carbocycles. The van der Waals surface area contributed by atoms with Crippen LogP contribution in [0.1, 0.15) is 6.85 Å². The molecule has 0 spiro atoms. The van der Waals surface area contributed by atoms with Crippen molar-refractivity contribution in [2.24, 2.45) is 0 Å². The van der Waals surface area contributed by atoms with Crippen LogP contribution < -0.4 is 0 Å². The number of benzene rings is 7. The summed E-state index contributed by atoms with van der Waals surface area (Å²) < 4.78 is 48.3. The smallest absolute Gasteiger partial charge is 0.167 e. The van der Waals surface area contributed by atoms with Gasteiger partial charge in [0.2, 0.25) is 0 Å². The second-order valence-electron chi connectivity index (χ2n) is 11.7. The number of hydrogen-bond donors (Lipinski definition) is 0. The lowest BCUT2D eigenvalue weighted by Gasteiger charge is -2.08. The summed E-state index contributed by atoms with van der Waals surface area (Å²) in [6.07, 6.45) is 0. The Morgan fingerprint density at radius 2 is 0.898 bits per heavy atom. The Hall–Kier alpha value is -6.65. The van der Waals surface area contributed by atoms with E-state index < -0.39 is 18.1 Å². The third-order valence-corrected chi connectivity index (χ3v) is 8.67. The SMILES string of the molecule is [2H]c1c([2H])c([2H])c(-c2nc(-c3ccccc3)nc(-c3cccc4c3oc3ccc(-c5ccc(-c6ccc(-c7ccccc7)cc6)cc5)cc34)n2)c([2H])c1[2H]. The molecule has 0 N–H and O–H groups in total. The Bertz CT molecular complexity index is 2830. The highest BCUT2D eigenvalue weighted by Crippen LogP contribution is 2.38. The Balaban J connectivity index is 1.11. The summed E-state index contributed by atoms with van der Waals surface area (Å²) in [5, 5.41) is 1.79. The van der Waals surface area contributed by atoms with Crippen LogP contribution in [0.5, 0.6) is 0 Å². The molecule has 0 aliphatic carbocycles. The van der Waals surface area contributed by atoms with Crippen LogP contribution in [0.3, 0.4) is 0 Å². The number of furan rings is 1. The van der Waals surface area contributed by atoms with Gasteiger partial charge >= 0.3 is 0 Å². The van der Waals surface area contributed by atoms with E-state index in [0.717, 1.165) is 33.0 Å². The maximum absolute atomic E-state index is 8.62. The van der Waals surface area contributed by atoms with Gasteiger partial charge in [-0.1, -0.05) is 158 Å². The second kappa shape index (κ2) is 12.2. The molecule has 0 fully saturated rings. The molecule has 4 nitrogen and oxygen atoms in total. The zero-order chi connectivity index (χ0) is 36.9. The molecule has 230 valence electrons. The first-order chi connectivity index (χ1) is 26.3. The summed E-state index contributed by atoms with van der Waals surface area (Å²) in [7, 11) is 0. The highest BCUT2D eigenvalue weighted by Gasteiger charge is 2.18. The van der Waals surface area contributed by atoms with Gasteiger partial charge in [-0.3, -0.25) is 0 Å². The predicted molar refractivity (Wildman–Crippen MR) is 200 cm³/mol. The average Bonchev–Trinajstić information content (AvgIpc) is 3.61. The lowest BCUT2D eigenvalue weighted by atomic mass is 9.97. The molecule has 9 aromatic rings. The Morgan fingerprint density at radius 1 is 0.388 bits per heavy atom. The molecule has 0 radical (unpaired) electrons. The summed E-state index contributed by atoms with van der Waals surface area (Å²) in [5.41, 5.74) is 9.19. The molecule has 0 unspecified atom stereocenters. The highest BCUT2D eigenvalue weighted by molar-refractivity contribution is 6.10. The molecule has 4 heteroatoms. The quantitative estimate of drug-likeness (QED) is 0.183. The van der Waals surface area contributed by atoms with Gasteiger partial charge < -0.3 is 4.42 Å². The Labute approximate surface area is 291 Å². The minimum Gasteiger partial charge on any atom is -0.455 e. The van der Waals surface area contributed by atoms with E-state index in [4.69, 9.17) is 21.2 Å². The van der Waals surface area contributed by atoms with E-state index in [1.54, 1.807) is 0 Å². The van der Waals surface area contributed by atoms with E-state index >= 15 is 0 Å². The van der Waals surface area contributed by atoms with E-state index in [1.807, 2.05) is 78.9 Å². The van der Waals surface area contributed by atoms with Crippen molar-refractivity contribution in [3.8, 4) is 67.5 Å². The first-order valence-corrected chi connectivity index (χ1v) is 15.9. The Kier molecular flexibility index (Phi) is 5.87. The van der Waals surface area contributed by atoms with Gasteiger partial charge in [-0.05, 0) is 51.6 Å². The van der Waals surface area contributed by atoms with Gasteiger partial charge in [-0.2, -0.15) is 0 Å². The standard InChI is InChI=1S/C45H29N3O/c1-4-11-30(12-5-1)31-19-21-32(22-20-31)33-23-25-34(26-24-33)37-27-28-41-40(29-37)38-17-10-18-39(42(38)49-41)45-47-43(35-13-6-2-7-14-35)46-44(48-45)36-15-8-3-9-16-36/h1-29H/i2D,6D,7D,13D,14D. The van der Waals surface area contributed by atoms with Crippen LogP contribution in [0.15, 0.2) is 180 Å². The predicted octanol–water partition coefficient (Wildman–Crippen LogP) is 11.8. The van der Waals surface area contributed by atoms with Crippen LogP contribution in [0, 0.1) is 0 Å². The van der Waals surface area contributed by atoms with Crippen LogP contribution in [-0.4, -0.2) is 15.0 Å². The number of hydrogen-bond acceptors (Lipinski definition) is 4. The van der Waals surface area contributed by atoms with Gasteiger partial charge in [-0.15, -0.1) is 0 Å². The zero-order valence-corrected chi connectivity index (χ0v) is 26.1. The van der Waals surface area contributed by atoms with Gasteiger partial charge in [-0.25, -0.2) is 15.0 Å². The number of para-hydroxylation sites is 1. The summed E-state index contributed by atoms with van der Waals surface area (Å²) in [6, 6.07) is 46.5. The lowest BCUT2D eigenvalue weighted by molar-refractivity contribution is 0.669. The number of rotatable bonds is 6. The molecule has 0 atom stereocenters. The minimum atomic E-state index is -0.484. The molecule has 0 saturated heterocycles. The first kappa shape index (κ1) is 23.6. The molecule has 0 bridgehead atoms. The third kappa shape index (κ3) is 5.45. The molecule has 2 aromatic heterocycles. The van der Waals surface area contributed by atoms with E-state index in [9.17, 15) is 0 Å². The van der Waals surface area contributed by atoms with Crippen LogP contribution in [0.25, 0.3) is 89.5 Å². The van der Waals surface area contributed by atoms with Crippen LogP contribution >= 0.6 is 0 Å². The topological polar surface area (TPSA) is 51.8 Å². The Morgan fingerprint density at radius 3 is 1.53 bits per heavy atom. The minimum absolute atomic E-state index is 0.0261. The largest absolute Gasteiger partial charge is 0.455 e. The number of fused-ring (bicyclic) bond motifs is 3. The maximum Gasteiger partial charge on any atom is 0.167 e. The molecule has 0 amide bonds. The van der Waals surface area contributed by atoms with Crippen molar-refractivity contribution in [3.05, 3.63) is 176 Å². The number of nitrogens with zero attached hydrogens (tertiary/aromatic N) is 3. The summed E-state index contributed by atoms with van der Waals surface area (Å²) in [6.45, 7) is 0. The lowest BCUT2D eigenvalue weighted by Crippen LogP contribution is -2.00. The van der Waals surface area contributed by atoms with E-state index in [-0.39, 0.29) is 29.3 Å². The normalized spacial score (nSPS) is 12.7. The summed E-state index contributed by atoms with van der Waals surface area (Å²) in [4.78, 5) is 14.2. The average molecular weight is 633 g/mol. The van der Waals surface area contributed by atoms with Crippen molar-refractivity contribution in [2.45, 2.75) is 0 Å². The van der Waals surface area contributed by atoms with E-state index in [1.165, 1.54) is 11.1 Å². The second-order valence-corrected chi connectivity index (χ2v) is 11.7. The van der Waals surface area contributed by atoms with Crippen molar-refractivity contribution in [2.75, 3.05) is 0 Å².